The first-order valence-electron chi connectivity index (χ1n) is 7.83. The predicted molar refractivity (Wildman–Crippen MR) is 86.1 cm³/mol. The third kappa shape index (κ3) is 4.10. The maximum Gasteiger partial charge on any atom is 0.322 e. The summed E-state index contributed by atoms with van der Waals surface area (Å²) in [6.07, 6.45) is 7.13. The van der Waals surface area contributed by atoms with Crippen LogP contribution in [0.1, 0.15) is 24.2 Å². The van der Waals surface area contributed by atoms with Gasteiger partial charge in [0, 0.05) is 31.2 Å². The van der Waals surface area contributed by atoms with Gasteiger partial charge in [-0.05, 0) is 43.5 Å². The number of aryl methyl sites for hydroxylation is 1. The molecule has 122 valence electrons. The van der Waals surface area contributed by atoms with Crippen molar-refractivity contribution in [3.8, 4) is 0 Å². The standard InChI is InChI=1S/C17H21N3O3/c1-13-10-18-7-6-16(13)19-17(21)20(11-14-4-2-8-22-14)12-15-5-3-9-23-15/h2,4,6-8,10,15H,3,5,9,11-12H2,1H3,(H,18,19,21)/t15-/m1/s1. The van der Waals surface area contributed by atoms with Gasteiger partial charge in [-0.1, -0.05) is 0 Å². The van der Waals surface area contributed by atoms with Crippen LogP contribution in [-0.4, -0.2) is 35.2 Å². The zero-order chi connectivity index (χ0) is 16.1. The molecule has 3 heterocycles. The zero-order valence-electron chi connectivity index (χ0n) is 13.2. The molecule has 6 nitrogen and oxygen atoms in total. The van der Waals surface area contributed by atoms with E-state index in [4.69, 9.17) is 9.15 Å². The van der Waals surface area contributed by atoms with Crippen molar-refractivity contribution in [2.24, 2.45) is 0 Å². The van der Waals surface area contributed by atoms with Gasteiger partial charge in [0.2, 0.25) is 0 Å². The lowest BCUT2D eigenvalue weighted by atomic mass is 10.2. The van der Waals surface area contributed by atoms with Gasteiger partial charge >= 0.3 is 6.03 Å². The summed E-state index contributed by atoms with van der Waals surface area (Å²) in [7, 11) is 0. The van der Waals surface area contributed by atoms with Crippen molar-refractivity contribution in [1.82, 2.24) is 9.88 Å². The Balaban J connectivity index is 1.70. The first-order chi connectivity index (χ1) is 11.2. The minimum Gasteiger partial charge on any atom is -0.467 e. The van der Waals surface area contributed by atoms with Crippen molar-refractivity contribution >= 4 is 11.7 Å². The van der Waals surface area contributed by atoms with Crippen molar-refractivity contribution in [2.45, 2.75) is 32.4 Å². The molecule has 2 aromatic heterocycles. The SMILES string of the molecule is Cc1cnccc1NC(=O)N(Cc1ccco1)C[C@H]1CCCO1. The van der Waals surface area contributed by atoms with Gasteiger partial charge in [-0.2, -0.15) is 0 Å². The summed E-state index contributed by atoms with van der Waals surface area (Å²) in [5.74, 6) is 0.754. The first-order valence-corrected chi connectivity index (χ1v) is 7.83. The number of urea groups is 1. The molecular weight excluding hydrogens is 294 g/mol. The van der Waals surface area contributed by atoms with Crippen molar-refractivity contribution in [1.29, 1.82) is 0 Å². The second-order valence-corrected chi connectivity index (χ2v) is 5.72. The monoisotopic (exact) mass is 315 g/mol. The van der Waals surface area contributed by atoms with Crippen LogP contribution in [0.25, 0.3) is 0 Å². The van der Waals surface area contributed by atoms with Gasteiger partial charge in [0.05, 0.1) is 18.9 Å². The third-order valence-corrected chi connectivity index (χ3v) is 3.92. The van der Waals surface area contributed by atoms with Crippen molar-refractivity contribution in [3.63, 3.8) is 0 Å². The van der Waals surface area contributed by atoms with Crippen LogP contribution in [0.2, 0.25) is 0 Å². The Morgan fingerprint density at radius 3 is 3.09 bits per heavy atom. The Morgan fingerprint density at radius 2 is 2.39 bits per heavy atom. The fourth-order valence-electron chi connectivity index (χ4n) is 2.65. The summed E-state index contributed by atoms with van der Waals surface area (Å²) < 4.78 is 11.0. The van der Waals surface area contributed by atoms with E-state index in [-0.39, 0.29) is 12.1 Å². The molecule has 0 radical (unpaired) electrons. The van der Waals surface area contributed by atoms with Gasteiger partial charge in [0.1, 0.15) is 5.76 Å². The van der Waals surface area contributed by atoms with Gasteiger partial charge in [0.15, 0.2) is 0 Å². The molecule has 1 aliphatic rings. The van der Waals surface area contributed by atoms with E-state index in [1.165, 1.54) is 0 Å². The zero-order valence-corrected chi connectivity index (χ0v) is 13.2. The largest absolute Gasteiger partial charge is 0.467 e. The van der Waals surface area contributed by atoms with Crippen LogP contribution < -0.4 is 5.32 Å². The summed E-state index contributed by atoms with van der Waals surface area (Å²) in [5, 5.41) is 2.95. The van der Waals surface area contributed by atoms with Crippen LogP contribution in [0.15, 0.2) is 41.3 Å². The average molecular weight is 315 g/mol. The molecule has 0 bridgehead atoms. The number of aromatic nitrogens is 1. The highest BCUT2D eigenvalue weighted by atomic mass is 16.5. The molecule has 23 heavy (non-hydrogen) atoms. The Bertz CT molecular complexity index is 636. The van der Waals surface area contributed by atoms with Crippen molar-refractivity contribution < 1.29 is 13.9 Å². The maximum absolute atomic E-state index is 12.7. The lowest BCUT2D eigenvalue weighted by Gasteiger charge is -2.25. The number of carbonyl (C=O) groups excluding carboxylic acids is 1. The van der Waals surface area contributed by atoms with Gasteiger partial charge in [-0.25, -0.2) is 4.79 Å². The Kier molecular flexibility index (Phi) is 4.92. The lowest BCUT2D eigenvalue weighted by Crippen LogP contribution is -2.39. The Hall–Kier alpha value is -2.34. The predicted octanol–water partition coefficient (Wildman–Crippen LogP) is 3.20. The molecule has 0 saturated carbocycles. The average Bonchev–Trinajstić information content (AvgIpc) is 3.22. The highest BCUT2D eigenvalue weighted by molar-refractivity contribution is 5.90. The van der Waals surface area contributed by atoms with E-state index < -0.39 is 0 Å². The van der Waals surface area contributed by atoms with E-state index in [2.05, 4.69) is 10.3 Å². The van der Waals surface area contributed by atoms with Crippen LogP contribution in [0.4, 0.5) is 10.5 Å². The summed E-state index contributed by atoms with van der Waals surface area (Å²) >= 11 is 0. The molecule has 2 amide bonds. The summed E-state index contributed by atoms with van der Waals surface area (Å²) in [5.41, 5.74) is 1.69. The fourth-order valence-corrected chi connectivity index (χ4v) is 2.65. The minimum absolute atomic E-state index is 0.0919. The molecule has 0 unspecified atom stereocenters. The Labute approximate surface area is 135 Å². The number of pyridine rings is 1. The van der Waals surface area contributed by atoms with Gasteiger partial charge < -0.3 is 19.4 Å². The molecule has 0 spiro atoms. The number of hydrogen-bond donors (Lipinski definition) is 1. The van der Waals surface area contributed by atoms with E-state index in [0.717, 1.165) is 36.5 Å². The lowest BCUT2D eigenvalue weighted by molar-refractivity contribution is 0.0803. The highest BCUT2D eigenvalue weighted by Gasteiger charge is 2.23. The molecule has 3 rings (SSSR count). The van der Waals surface area contributed by atoms with Crippen LogP contribution in [0.5, 0.6) is 0 Å². The van der Waals surface area contributed by atoms with Crippen LogP contribution >= 0.6 is 0 Å². The molecule has 6 heteroatoms. The topological polar surface area (TPSA) is 67.6 Å². The molecule has 1 fully saturated rings. The highest BCUT2D eigenvalue weighted by Crippen LogP contribution is 2.18. The second-order valence-electron chi connectivity index (χ2n) is 5.72. The van der Waals surface area contributed by atoms with E-state index in [1.807, 2.05) is 19.1 Å². The number of rotatable bonds is 5. The van der Waals surface area contributed by atoms with Gasteiger partial charge in [-0.3, -0.25) is 4.98 Å². The Morgan fingerprint density at radius 1 is 1.48 bits per heavy atom. The quantitative estimate of drug-likeness (QED) is 0.920. The van der Waals surface area contributed by atoms with Gasteiger partial charge in [-0.15, -0.1) is 0 Å². The molecule has 1 saturated heterocycles. The number of furan rings is 1. The van der Waals surface area contributed by atoms with E-state index in [1.54, 1.807) is 29.6 Å². The van der Waals surface area contributed by atoms with Crippen LogP contribution in [0.3, 0.4) is 0 Å². The van der Waals surface area contributed by atoms with E-state index in [9.17, 15) is 4.79 Å². The molecule has 2 aromatic rings. The van der Waals surface area contributed by atoms with Gasteiger partial charge in [0.25, 0.3) is 0 Å². The first kappa shape index (κ1) is 15.6. The summed E-state index contributed by atoms with van der Waals surface area (Å²) in [6, 6.07) is 5.33. The molecule has 0 aliphatic carbocycles. The van der Waals surface area contributed by atoms with E-state index in [0.29, 0.717) is 13.1 Å². The summed E-state index contributed by atoms with van der Waals surface area (Å²) in [4.78, 5) is 18.4. The number of anilines is 1. The van der Waals surface area contributed by atoms with Crippen LogP contribution in [-0.2, 0) is 11.3 Å². The van der Waals surface area contributed by atoms with Crippen molar-refractivity contribution in [3.05, 3.63) is 48.2 Å². The number of nitrogens with zero attached hydrogens (tertiary/aromatic N) is 2. The number of carbonyl (C=O) groups is 1. The molecule has 1 aliphatic heterocycles. The number of amides is 2. The molecular formula is C17H21N3O3. The number of hydrogen-bond acceptors (Lipinski definition) is 4. The third-order valence-electron chi connectivity index (χ3n) is 3.92. The van der Waals surface area contributed by atoms with Crippen LogP contribution in [0, 0.1) is 6.92 Å². The summed E-state index contributed by atoms with van der Waals surface area (Å²) in [6.45, 7) is 3.66. The second kappa shape index (κ2) is 7.28. The number of nitrogens with one attached hydrogen (secondary N) is 1. The maximum atomic E-state index is 12.7. The van der Waals surface area contributed by atoms with E-state index >= 15 is 0 Å². The minimum atomic E-state index is -0.161. The normalized spacial score (nSPS) is 17.2. The van der Waals surface area contributed by atoms with Crippen molar-refractivity contribution in [2.75, 3.05) is 18.5 Å². The molecule has 1 N–H and O–H groups in total. The molecule has 0 aromatic carbocycles. The fraction of sp³-hybridized carbons (Fsp3) is 0.412. The number of ether oxygens (including phenoxy) is 1. The smallest absolute Gasteiger partial charge is 0.322 e. The molecule has 1 atom stereocenters.